The van der Waals surface area contributed by atoms with Crippen LogP contribution in [-0.2, 0) is 6.42 Å². The van der Waals surface area contributed by atoms with Gasteiger partial charge in [0.25, 0.3) is 0 Å². The lowest BCUT2D eigenvalue weighted by Crippen LogP contribution is -2.15. The third-order valence-electron chi connectivity index (χ3n) is 1.92. The molecule has 1 unspecified atom stereocenters. The van der Waals surface area contributed by atoms with Crippen molar-refractivity contribution in [2.45, 2.75) is 45.6 Å². The number of nitrogens with zero attached hydrogens (tertiary/aromatic N) is 1. The molecule has 0 aliphatic heterocycles. The van der Waals surface area contributed by atoms with Gasteiger partial charge in [-0.1, -0.05) is 13.8 Å². The summed E-state index contributed by atoms with van der Waals surface area (Å²) < 4.78 is 0. The van der Waals surface area contributed by atoms with Crippen molar-refractivity contribution >= 4 is 11.3 Å². The van der Waals surface area contributed by atoms with Gasteiger partial charge in [0.2, 0.25) is 0 Å². The molecule has 0 aliphatic carbocycles. The molecule has 3 heteroatoms. The molecule has 0 aromatic carbocycles. The Bertz CT molecular complexity index is 253. The predicted molar refractivity (Wildman–Crippen MR) is 58.2 cm³/mol. The lowest BCUT2D eigenvalue weighted by molar-refractivity contribution is 0.657. The zero-order chi connectivity index (χ0) is 9.84. The minimum Gasteiger partial charge on any atom is -0.328 e. The number of rotatable bonds is 4. The van der Waals surface area contributed by atoms with Crippen LogP contribution in [0.2, 0.25) is 0 Å². The van der Waals surface area contributed by atoms with E-state index in [1.54, 1.807) is 11.3 Å². The van der Waals surface area contributed by atoms with Crippen molar-refractivity contribution in [1.82, 2.24) is 4.98 Å². The van der Waals surface area contributed by atoms with Crippen LogP contribution in [0, 0.1) is 0 Å². The second-order valence-corrected chi connectivity index (χ2v) is 4.74. The maximum absolute atomic E-state index is 5.68. The van der Waals surface area contributed by atoms with Crippen LogP contribution in [0.5, 0.6) is 0 Å². The Hall–Kier alpha value is -0.410. The van der Waals surface area contributed by atoms with Crippen LogP contribution in [0.4, 0.5) is 0 Å². The van der Waals surface area contributed by atoms with Crippen LogP contribution in [-0.4, -0.2) is 11.0 Å². The van der Waals surface area contributed by atoms with Gasteiger partial charge < -0.3 is 5.73 Å². The second-order valence-electron chi connectivity index (χ2n) is 3.85. The molecule has 0 bridgehead atoms. The Morgan fingerprint density at radius 1 is 1.46 bits per heavy atom. The Morgan fingerprint density at radius 3 is 2.62 bits per heavy atom. The zero-order valence-electron chi connectivity index (χ0n) is 8.58. The first-order chi connectivity index (χ1) is 6.09. The van der Waals surface area contributed by atoms with Gasteiger partial charge in [0.15, 0.2) is 0 Å². The maximum atomic E-state index is 5.68. The lowest BCUT2D eigenvalue weighted by atomic mass is 10.1. The minimum absolute atomic E-state index is 0.282. The van der Waals surface area contributed by atoms with Crippen LogP contribution >= 0.6 is 11.3 Å². The maximum Gasteiger partial charge on any atom is 0.0953 e. The summed E-state index contributed by atoms with van der Waals surface area (Å²) in [6, 6.07) is 0.282. The van der Waals surface area contributed by atoms with Crippen LogP contribution < -0.4 is 5.73 Å². The van der Waals surface area contributed by atoms with E-state index in [4.69, 9.17) is 5.73 Å². The quantitative estimate of drug-likeness (QED) is 0.807. The van der Waals surface area contributed by atoms with Gasteiger partial charge in [0.05, 0.1) is 10.7 Å². The monoisotopic (exact) mass is 198 g/mol. The highest BCUT2D eigenvalue weighted by atomic mass is 32.1. The molecule has 1 atom stereocenters. The van der Waals surface area contributed by atoms with Crippen molar-refractivity contribution in [2.75, 3.05) is 0 Å². The van der Waals surface area contributed by atoms with E-state index >= 15 is 0 Å². The summed E-state index contributed by atoms with van der Waals surface area (Å²) >= 11 is 1.76. The van der Waals surface area contributed by atoms with Gasteiger partial charge in [-0.05, 0) is 19.8 Å². The number of hydrogen-bond donors (Lipinski definition) is 1. The van der Waals surface area contributed by atoms with Crippen LogP contribution in [0.3, 0.4) is 0 Å². The van der Waals surface area contributed by atoms with Crippen molar-refractivity contribution < 1.29 is 0 Å². The minimum atomic E-state index is 0.282. The van der Waals surface area contributed by atoms with Gasteiger partial charge in [0.1, 0.15) is 0 Å². The fraction of sp³-hybridized carbons (Fsp3) is 0.700. The number of hydrogen-bond acceptors (Lipinski definition) is 3. The fourth-order valence-corrected chi connectivity index (χ4v) is 1.95. The molecular formula is C10H18N2S. The number of nitrogens with two attached hydrogens (primary N) is 1. The van der Waals surface area contributed by atoms with Crippen molar-refractivity contribution in [3.8, 4) is 0 Å². The van der Waals surface area contributed by atoms with E-state index in [0.29, 0.717) is 5.92 Å². The highest BCUT2D eigenvalue weighted by Gasteiger charge is 2.05. The molecule has 2 N–H and O–H groups in total. The van der Waals surface area contributed by atoms with Crippen LogP contribution in [0.25, 0.3) is 0 Å². The number of aryl methyl sites for hydroxylation is 1. The zero-order valence-corrected chi connectivity index (χ0v) is 9.40. The van der Waals surface area contributed by atoms with E-state index in [-0.39, 0.29) is 6.04 Å². The topological polar surface area (TPSA) is 38.9 Å². The van der Waals surface area contributed by atoms with Crippen molar-refractivity contribution in [3.05, 3.63) is 16.1 Å². The summed E-state index contributed by atoms with van der Waals surface area (Å²) in [5, 5.41) is 3.39. The standard InChI is InChI=1S/C10H18N2S/c1-7(2)10-12-9(6-13-10)5-4-8(3)11/h6-8H,4-5,11H2,1-3H3. The van der Waals surface area contributed by atoms with Gasteiger partial charge in [-0.15, -0.1) is 11.3 Å². The summed E-state index contributed by atoms with van der Waals surface area (Å²) in [5.74, 6) is 0.550. The smallest absolute Gasteiger partial charge is 0.0953 e. The fourth-order valence-electron chi connectivity index (χ4n) is 1.08. The van der Waals surface area contributed by atoms with Crippen molar-refractivity contribution in [2.24, 2.45) is 5.73 Å². The molecule has 0 amide bonds. The Balaban J connectivity index is 2.49. The average molecular weight is 198 g/mol. The first kappa shape index (κ1) is 10.7. The predicted octanol–water partition coefficient (Wildman–Crippen LogP) is 2.55. The van der Waals surface area contributed by atoms with Crippen molar-refractivity contribution in [1.29, 1.82) is 0 Å². The van der Waals surface area contributed by atoms with E-state index in [1.807, 2.05) is 6.92 Å². The molecule has 1 aromatic rings. The summed E-state index contributed by atoms with van der Waals surface area (Å²) in [7, 11) is 0. The summed E-state index contributed by atoms with van der Waals surface area (Å²) in [6.07, 6.45) is 2.04. The molecule has 1 rings (SSSR count). The summed E-state index contributed by atoms with van der Waals surface area (Å²) in [4.78, 5) is 4.54. The first-order valence-electron chi connectivity index (χ1n) is 4.79. The molecule has 2 nitrogen and oxygen atoms in total. The molecule has 0 spiro atoms. The third-order valence-corrected chi connectivity index (χ3v) is 3.11. The molecule has 0 aliphatic rings. The van der Waals surface area contributed by atoms with Gasteiger partial charge >= 0.3 is 0 Å². The van der Waals surface area contributed by atoms with E-state index in [0.717, 1.165) is 12.8 Å². The Morgan fingerprint density at radius 2 is 2.15 bits per heavy atom. The van der Waals surface area contributed by atoms with Gasteiger partial charge in [-0.25, -0.2) is 4.98 Å². The third kappa shape index (κ3) is 3.44. The van der Waals surface area contributed by atoms with E-state index < -0.39 is 0 Å². The highest BCUT2D eigenvalue weighted by molar-refractivity contribution is 7.09. The molecule has 0 fully saturated rings. The van der Waals surface area contributed by atoms with Gasteiger partial charge in [-0.2, -0.15) is 0 Å². The Labute approximate surface area is 84.2 Å². The molecular weight excluding hydrogens is 180 g/mol. The molecule has 74 valence electrons. The second kappa shape index (κ2) is 4.72. The molecule has 0 saturated carbocycles. The van der Waals surface area contributed by atoms with Gasteiger partial charge in [0, 0.05) is 17.3 Å². The van der Waals surface area contributed by atoms with Crippen LogP contribution in [0.1, 0.15) is 43.8 Å². The Kier molecular flexibility index (Phi) is 3.88. The number of thiazole rings is 1. The largest absolute Gasteiger partial charge is 0.328 e. The van der Waals surface area contributed by atoms with Crippen LogP contribution in [0.15, 0.2) is 5.38 Å². The average Bonchev–Trinajstić information content (AvgIpc) is 2.48. The SMILES string of the molecule is CC(N)CCc1csc(C(C)C)n1. The normalized spacial score (nSPS) is 13.6. The van der Waals surface area contributed by atoms with Gasteiger partial charge in [-0.3, -0.25) is 0 Å². The summed E-state index contributed by atoms with van der Waals surface area (Å²) in [5.41, 5.74) is 6.88. The van der Waals surface area contributed by atoms with E-state index in [1.165, 1.54) is 10.7 Å². The molecule has 0 radical (unpaired) electrons. The van der Waals surface area contributed by atoms with E-state index in [2.05, 4.69) is 24.2 Å². The molecule has 1 aromatic heterocycles. The lowest BCUT2D eigenvalue weighted by Gasteiger charge is -2.01. The molecule has 1 heterocycles. The number of aromatic nitrogens is 1. The summed E-state index contributed by atoms with van der Waals surface area (Å²) in [6.45, 7) is 6.39. The van der Waals surface area contributed by atoms with E-state index in [9.17, 15) is 0 Å². The molecule has 0 saturated heterocycles. The first-order valence-corrected chi connectivity index (χ1v) is 5.67. The van der Waals surface area contributed by atoms with Crippen molar-refractivity contribution in [3.63, 3.8) is 0 Å². The highest BCUT2D eigenvalue weighted by Crippen LogP contribution is 2.19. The molecule has 13 heavy (non-hydrogen) atoms.